The molecule has 1 fully saturated rings. The lowest BCUT2D eigenvalue weighted by Gasteiger charge is -2.37. The van der Waals surface area contributed by atoms with Gasteiger partial charge in [0.15, 0.2) is 0 Å². The Morgan fingerprint density at radius 3 is 1.59 bits per heavy atom. The minimum atomic E-state index is -5.08. The maximum atomic E-state index is 10.6. The van der Waals surface area contributed by atoms with E-state index in [1.807, 2.05) is 12.4 Å². The summed E-state index contributed by atoms with van der Waals surface area (Å²) in [7, 11) is 0. The normalized spacial score (nSPS) is 13.2. The summed E-state index contributed by atoms with van der Waals surface area (Å²) < 4.78 is 95.2. The van der Waals surface area contributed by atoms with Gasteiger partial charge in [-0.3, -0.25) is 5.10 Å². The number of aromatic amines is 1. The van der Waals surface area contributed by atoms with Crippen LogP contribution in [0.5, 0.6) is 0 Å². The van der Waals surface area contributed by atoms with E-state index in [4.69, 9.17) is 29.7 Å². The fourth-order valence-corrected chi connectivity index (χ4v) is 3.82. The molecule has 1 aliphatic rings. The highest BCUT2D eigenvalue weighted by molar-refractivity contribution is 5.93. The molecule has 266 valence electrons. The second-order valence-electron chi connectivity index (χ2n) is 9.63. The highest BCUT2D eigenvalue weighted by atomic mass is 19.4. The number of fused-ring (bicyclic) bond motifs is 1. The van der Waals surface area contributed by atoms with Gasteiger partial charge in [-0.2, -0.15) is 44.6 Å². The van der Waals surface area contributed by atoms with Crippen molar-refractivity contribution in [2.45, 2.75) is 25.5 Å². The Morgan fingerprint density at radius 1 is 0.694 bits per heavy atom. The number of piperazine rings is 1. The summed E-state index contributed by atoms with van der Waals surface area (Å²) in [6, 6.07) is 15.1. The van der Waals surface area contributed by atoms with Crippen LogP contribution in [0.2, 0.25) is 0 Å². The Morgan fingerprint density at radius 2 is 1.16 bits per heavy atom. The van der Waals surface area contributed by atoms with Crippen molar-refractivity contribution in [1.29, 1.82) is 0 Å². The summed E-state index contributed by atoms with van der Waals surface area (Å²) in [5.74, 6) is -7.26. The van der Waals surface area contributed by atoms with Crippen LogP contribution >= 0.6 is 0 Å². The molecule has 0 bridgehead atoms. The number of anilines is 2. The molecule has 2 aromatic carbocycles. The molecule has 0 aliphatic carbocycles. The quantitative estimate of drug-likeness (QED) is 0.196. The van der Waals surface area contributed by atoms with Crippen LogP contribution < -0.4 is 9.80 Å². The largest absolute Gasteiger partial charge is 0.490 e. The minimum Gasteiger partial charge on any atom is -0.475 e. The SMILES string of the molecule is Cc1ccc(N2CCN(c3ncnc4ccc(-c5cn[nH]c5)cc34)CC2)cc1.O=C(O)C(F)(F)F.O=C(O)C(F)(F)F.O=C(O)C(F)(F)F. The van der Waals surface area contributed by atoms with Crippen molar-refractivity contribution in [3.05, 3.63) is 66.7 Å². The number of nitrogens with one attached hydrogen (secondary N) is 1. The second-order valence-corrected chi connectivity index (χ2v) is 9.63. The second kappa shape index (κ2) is 16.5. The van der Waals surface area contributed by atoms with Gasteiger partial charge in [0.1, 0.15) is 12.1 Å². The number of carboxylic acids is 3. The number of hydrogen-bond donors (Lipinski definition) is 4. The molecule has 21 heteroatoms. The lowest BCUT2D eigenvalue weighted by molar-refractivity contribution is -0.193. The van der Waals surface area contributed by atoms with Crippen molar-refractivity contribution in [3.63, 3.8) is 0 Å². The van der Waals surface area contributed by atoms with E-state index in [-0.39, 0.29) is 0 Å². The first kappa shape index (κ1) is 39.5. The lowest BCUT2D eigenvalue weighted by Crippen LogP contribution is -2.46. The van der Waals surface area contributed by atoms with Crippen LogP contribution in [-0.2, 0) is 14.4 Å². The van der Waals surface area contributed by atoms with Crippen LogP contribution in [0.15, 0.2) is 61.2 Å². The van der Waals surface area contributed by atoms with Crippen LogP contribution in [0.3, 0.4) is 0 Å². The smallest absolute Gasteiger partial charge is 0.475 e. The zero-order valence-corrected chi connectivity index (χ0v) is 24.8. The van der Waals surface area contributed by atoms with Gasteiger partial charge in [0.05, 0.1) is 11.7 Å². The van der Waals surface area contributed by atoms with Crippen molar-refractivity contribution < 1.29 is 69.2 Å². The monoisotopic (exact) mass is 712 g/mol. The summed E-state index contributed by atoms with van der Waals surface area (Å²) in [6.07, 6.45) is -9.84. The first-order valence-corrected chi connectivity index (χ1v) is 13.3. The van der Waals surface area contributed by atoms with Crippen molar-refractivity contribution >= 4 is 40.3 Å². The van der Waals surface area contributed by atoms with Crippen molar-refractivity contribution in [2.24, 2.45) is 0 Å². The number of hydrogen-bond acceptors (Lipinski definition) is 8. The average molecular weight is 713 g/mol. The molecule has 4 N–H and O–H groups in total. The van der Waals surface area contributed by atoms with E-state index in [1.54, 1.807) is 6.33 Å². The topological polar surface area (TPSA) is 173 Å². The predicted molar refractivity (Wildman–Crippen MR) is 154 cm³/mol. The van der Waals surface area contributed by atoms with Crippen LogP contribution in [-0.4, -0.2) is 98.1 Å². The summed E-state index contributed by atoms with van der Waals surface area (Å²) in [6.45, 7) is 5.97. The number of benzene rings is 2. The Bertz CT molecular complexity index is 1630. The molecule has 5 rings (SSSR count). The van der Waals surface area contributed by atoms with Crippen LogP contribution in [0.1, 0.15) is 5.56 Å². The molecular formula is C28H25F9N6O6. The van der Waals surface area contributed by atoms with E-state index in [0.717, 1.165) is 54.0 Å². The molecule has 1 saturated heterocycles. The van der Waals surface area contributed by atoms with Gasteiger partial charge in [0.2, 0.25) is 0 Å². The summed E-state index contributed by atoms with van der Waals surface area (Å²) in [4.78, 5) is 40.6. The Labute approximate surface area is 269 Å². The third-order valence-electron chi connectivity index (χ3n) is 6.15. The number of aryl methyl sites for hydroxylation is 1. The van der Waals surface area contributed by atoms with E-state index in [1.165, 1.54) is 11.3 Å². The highest BCUT2D eigenvalue weighted by Crippen LogP contribution is 2.29. The van der Waals surface area contributed by atoms with Crippen LogP contribution in [0.25, 0.3) is 22.0 Å². The fourth-order valence-electron chi connectivity index (χ4n) is 3.82. The van der Waals surface area contributed by atoms with Crippen molar-refractivity contribution in [3.8, 4) is 11.1 Å². The van der Waals surface area contributed by atoms with E-state index in [0.29, 0.717) is 0 Å². The first-order chi connectivity index (χ1) is 22.6. The average Bonchev–Trinajstić information content (AvgIpc) is 3.56. The molecule has 0 spiro atoms. The zero-order chi connectivity index (χ0) is 37.2. The number of aromatic nitrogens is 4. The zero-order valence-electron chi connectivity index (χ0n) is 24.8. The number of rotatable bonds is 3. The number of nitrogens with zero attached hydrogens (tertiary/aromatic N) is 5. The predicted octanol–water partition coefficient (Wildman–Crippen LogP) is 5.55. The molecule has 1 aliphatic heterocycles. The number of alkyl halides is 9. The fraction of sp³-hybridized carbons (Fsp3) is 0.286. The van der Waals surface area contributed by atoms with E-state index in [2.05, 4.69) is 79.4 Å². The van der Waals surface area contributed by atoms with Gasteiger partial charge in [-0.1, -0.05) is 23.8 Å². The van der Waals surface area contributed by atoms with Gasteiger partial charge in [-0.25, -0.2) is 24.4 Å². The number of aliphatic carboxylic acids is 3. The standard InChI is InChI=1S/C22H22N6.3C2HF3O2/c1-16-2-5-19(6-3-16)27-8-10-28(11-9-27)22-20-12-17(18-13-25-26-14-18)4-7-21(20)23-15-24-22;3*3-2(4,5)1(6)7/h2-7,12-15H,8-11H2,1H3,(H,25,26);3*(H,6,7). The van der Waals surface area contributed by atoms with E-state index >= 15 is 0 Å². The molecule has 0 atom stereocenters. The summed E-state index contributed by atoms with van der Waals surface area (Å²) in [5, 5.41) is 29.4. The lowest BCUT2D eigenvalue weighted by atomic mass is 10.1. The third kappa shape index (κ3) is 12.5. The Kier molecular flexibility index (Phi) is 13.3. The van der Waals surface area contributed by atoms with Gasteiger partial charge in [-0.05, 0) is 36.8 Å². The molecular weight excluding hydrogens is 687 g/mol. The van der Waals surface area contributed by atoms with E-state index < -0.39 is 36.4 Å². The summed E-state index contributed by atoms with van der Waals surface area (Å²) >= 11 is 0. The number of H-pyrrole nitrogens is 1. The minimum absolute atomic E-state index is 0.940. The van der Waals surface area contributed by atoms with Crippen LogP contribution in [0, 0.1) is 6.92 Å². The Hall–Kier alpha value is -5.63. The molecule has 49 heavy (non-hydrogen) atoms. The van der Waals surface area contributed by atoms with Gasteiger partial charge >= 0.3 is 36.4 Å². The molecule has 0 radical (unpaired) electrons. The van der Waals surface area contributed by atoms with Gasteiger partial charge in [0.25, 0.3) is 0 Å². The summed E-state index contributed by atoms with van der Waals surface area (Å²) in [5.41, 5.74) is 5.75. The van der Waals surface area contributed by atoms with Gasteiger partial charge in [-0.15, -0.1) is 0 Å². The van der Waals surface area contributed by atoms with Crippen LogP contribution in [0.4, 0.5) is 51.0 Å². The van der Waals surface area contributed by atoms with Crippen molar-refractivity contribution in [2.75, 3.05) is 36.0 Å². The first-order valence-electron chi connectivity index (χ1n) is 13.3. The van der Waals surface area contributed by atoms with E-state index in [9.17, 15) is 39.5 Å². The maximum Gasteiger partial charge on any atom is 0.490 e. The molecule has 4 aromatic rings. The molecule has 2 aromatic heterocycles. The van der Waals surface area contributed by atoms with Gasteiger partial charge in [0, 0.05) is 49.0 Å². The number of carboxylic acid groups (broad SMARTS) is 3. The number of carbonyl (C=O) groups is 3. The molecule has 0 saturated carbocycles. The molecule has 0 amide bonds. The number of halogens is 9. The molecule has 0 unspecified atom stereocenters. The highest BCUT2D eigenvalue weighted by Gasteiger charge is 2.39. The molecule has 12 nitrogen and oxygen atoms in total. The molecule has 3 heterocycles. The Balaban J connectivity index is 0.000000325. The van der Waals surface area contributed by atoms with Crippen molar-refractivity contribution in [1.82, 2.24) is 20.2 Å². The van der Waals surface area contributed by atoms with Gasteiger partial charge < -0.3 is 25.1 Å². The maximum absolute atomic E-state index is 10.6. The third-order valence-corrected chi connectivity index (χ3v) is 6.15.